The summed E-state index contributed by atoms with van der Waals surface area (Å²) in [6, 6.07) is 3.87. The Bertz CT molecular complexity index is 976. The summed E-state index contributed by atoms with van der Waals surface area (Å²) >= 11 is 0. The quantitative estimate of drug-likeness (QED) is 0.188. The van der Waals surface area contributed by atoms with Gasteiger partial charge in [-0.25, -0.2) is 4.57 Å². The summed E-state index contributed by atoms with van der Waals surface area (Å²) in [4.78, 5) is 13.3. The van der Waals surface area contributed by atoms with Crippen molar-refractivity contribution in [2.45, 2.75) is 43.1 Å². The number of hydrogen-bond acceptors (Lipinski definition) is 11. The highest BCUT2D eigenvalue weighted by atomic mass is 31.2. The predicted molar refractivity (Wildman–Crippen MR) is 116 cm³/mol. The first-order valence-corrected chi connectivity index (χ1v) is 12.8. The second-order valence-electron chi connectivity index (χ2n) is 8.46. The van der Waals surface area contributed by atoms with E-state index in [-0.39, 0.29) is 19.8 Å². The maximum atomic E-state index is 13.3. The van der Waals surface area contributed by atoms with Crippen LogP contribution < -0.4 is 0 Å². The second kappa shape index (κ2) is 12.7. The standard InChI is InChI=1S/C21H27F5NO10P/c22-20(23,21(24,25)26)18(30)14-3-1-13(2-4-14)5-8-34-38(32,36-12-27-6-9-33-10-7-27)35-11-15-16(28)17(29)19(31)37-15/h1-4,15-17,19,28-29,31H,5-12H2/t15-,16-,17-,19+,38?/m1/s1. The molecule has 2 aliphatic rings. The van der Waals surface area contributed by atoms with Crippen molar-refractivity contribution in [2.75, 3.05) is 46.2 Å². The maximum absolute atomic E-state index is 13.3. The Morgan fingerprint density at radius 2 is 1.63 bits per heavy atom. The highest BCUT2D eigenvalue weighted by Crippen LogP contribution is 2.50. The summed E-state index contributed by atoms with van der Waals surface area (Å²) in [5.41, 5.74) is -0.503. The van der Waals surface area contributed by atoms with Crippen molar-refractivity contribution in [1.82, 2.24) is 4.90 Å². The van der Waals surface area contributed by atoms with Gasteiger partial charge in [0.15, 0.2) is 6.29 Å². The monoisotopic (exact) mass is 579 g/mol. The second-order valence-corrected chi connectivity index (χ2v) is 10.1. The van der Waals surface area contributed by atoms with E-state index in [0.717, 1.165) is 24.3 Å². The van der Waals surface area contributed by atoms with Gasteiger partial charge in [-0.1, -0.05) is 24.3 Å². The van der Waals surface area contributed by atoms with E-state index >= 15 is 0 Å². The zero-order chi connectivity index (χ0) is 28.1. The van der Waals surface area contributed by atoms with Crippen LogP contribution in [0.4, 0.5) is 22.0 Å². The number of alkyl halides is 5. The van der Waals surface area contributed by atoms with Crippen LogP contribution in [0.5, 0.6) is 0 Å². The largest absolute Gasteiger partial charge is 0.476 e. The van der Waals surface area contributed by atoms with Crippen LogP contribution in [0.15, 0.2) is 24.3 Å². The Morgan fingerprint density at radius 3 is 2.18 bits per heavy atom. The van der Waals surface area contributed by atoms with Gasteiger partial charge < -0.3 is 24.8 Å². The molecule has 5 atom stereocenters. The molecule has 3 rings (SSSR count). The highest BCUT2D eigenvalue weighted by molar-refractivity contribution is 7.48. The Kier molecular flexibility index (Phi) is 10.4. The van der Waals surface area contributed by atoms with Crippen molar-refractivity contribution in [3.8, 4) is 0 Å². The molecule has 11 nitrogen and oxygen atoms in total. The summed E-state index contributed by atoms with van der Waals surface area (Å²) in [5, 5.41) is 29.0. The Hall–Kier alpha value is -1.59. The average molecular weight is 579 g/mol. The topological polar surface area (TPSA) is 144 Å². The van der Waals surface area contributed by atoms with E-state index in [2.05, 4.69) is 0 Å². The van der Waals surface area contributed by atoms with Crippen molar-refractivity contribution >= 4 is 13.6 Å². The summed E-state index contributed by atoms with van der Waals surface area (Å²) in [7, 11) is -4.32. The minimum absolute atomic E-state index is 0.0294. The summed E-state index contributed by atoms with van der Waals surface area (Å²) in [6.45, 7) is 0.694. The van der Waals surface area contributed by atoms with Gasteiger partial charge in [-0.3, -0.25) is 23.3 Å². The average Bonchev–Trinajstić information content (AvgIpc) is 3.13. The molecular weight excluding hydrogens is 552 g/mol. The van der Waals surface area contributed by atoms with Crippen LogP contribution in [0.2, 0.25) is 0 Å². The van der Waals surface area contributed by atoms with Crippen molar-refractivity contribution in [3.05, 3.63) is 35.4 Å². The number of ketones is 1. The first-order chi connectivity index (χ1) is 17.7. The molecule has 2 aliphatic heterocycles. The molecule has 0 saturated carbocycles. The van der Waals surface area contributed by atoms with Crippen LogP contribution in [0.25, 0.3) is 0 Å². The van der Waals surface area contributed by atoms with Crippen LogP contribution >= 0.6 is 7.82 Å². The lowest BCUT2D eigenvalue weighted by Crippen LogP contribution is -2.44. The summed E-state index contributed by atoms with van der Waals surface area (Å²) in [6.07, 6.45) is -12.1. The van der Waals surface area contributed by atoms with Crippen LogP contribution in [0.1, 0.15) is 15.9 Å². The molecule has 0 aromatic heterocycles. The van der Waals surface area contributed by atoms with Gasteiger partial charge in [0, 0.05) is 18.7 Å². The molecule has 216 valence electrons. The van der Waals surface area contributed by atoms with E-state index in [0.29, 0.717) is 31.9 Å². The smallest absolute Gasteiger partial charge is 0.387 e. The molecule has 38 heavy (non-hydrogen) atoms. The zero-order valence-electron chi connectivity index (χ0n) is 19.8. The summed E-state index contributed by atoms with van der Waals surface area (Å²) in [5.74, 6) is -7.93. The molecule has 2 saturated heterocycles. The fourth-order valence-corrected chi connectivity index (χ4v) is 4.61. The zero-order valence-corrected chi connectivity index (χ0v) is 20.7. The molecule has 0 bridgehead atoms. The fourth-order valence-electron chi connectivity index (χ4n) is 3.43. The van der Waals surface area contributed by atoms with Crippen LogP contribution in [0, 0.1) is 0 Å². The molecule has 0 aliphatic carbocycles. The van der Waals surface area contributed by atoms with Gasteiger partial charge >= 0.3 is 19.9 Å². The van der Waals surface area contributed by atoms with Crippen molar-refractivity contribution in [3.63, 3.8) is 0 Å². The third-order valence-corrected chi connectivity index (χ3v) is 7.13. The Morgan fingerprint density at radius 1 is 1.00 bits per heavy atom. The number of rotatable bonds is 12. The number of aliphatic hydroxyl groups excluding tert-OH is 3. The van der Waals surface area contributed by atoms with Gasteiger partial charge in [-0.2, -0.15) is 22.0 Å². The third-order valence-electron chi connectivity index (χ3n) is 5.73. The molecule has 0 spiro atoms. The fraction of sp³-hybridized carbons (Fsp3) is 0.667. The van der Waals surface area contributed by atoms with E-state index in [1.807, 2.05) is 0 Å². The lowest BCUT2D eigenvalue weighted by molar-refractivity contribution is -0.255. The van der Waals surface area contributed by atoms with E-state index in [1.54, 1.807) is 4.90 Å². The Balaban J connectivity index is 1.59. The minimum atomic E-state index is -6.03. The van der Waals surface area contributed by atoms with Crippen molar-refractivity contribution in [2.24, 2.45) is 0 Å². The lowest BCUT2D eigenvalue weighted by atomic mass is 10.0. The number of Topliss-reactive ketones (excluding diaryl/α,β-unsaturated/α-hetero) is 1. The van der Waals surface area contributed by atoms with E-state index < -0.39 is 62.5 Å². The van der Waals surface area contributed by atoms with Gasteiger partial charge in [0.05, 0.1) is 26.4 Å². The number of benzene rings is 1. The number of aliphatic hydroxyl groups is 3. The molecule has 1 aromatic carbocycles. The van der Waals surface area contributed by atoms with Gasteiger partial charge in [0.2, 0.25) is 5.78 Å². The van der Waals surface area contributed by atoms with E-state index in [4.69, 9.17) is 23.0 Å². The molecule has 0 amide bonds. The van der Waals surface area contributed by atoms with Gasteiger partial charge in [-0.15, -0.1) is 0 Å². The van der Waals surface area contributed by atoms with Gasteiger partial charge in [0.25, 0.3) is 0 Å². The Labute approximate surface area is 213 Å². The number of carbonyl (C=O) groups is 1. The van der Waals surface area contributed by atoms with Crippen molar-refractivity contribution < 1.29 is 69.7 Å². The number of nitrogens with zero attached hydrogens (tertiary/aromatic N) is 1. The molecule has 1 unspecified atom stereocenters. The molecule has 1 aromatic rings. The molecule has 2 fully saturated rings. The number of phosphoric ester groups is 1. The number of hydrogen-bond donors (Lipinski definition) is 3. The third kappa shape index (κ3) is 7.75. The number of halogens is 5. The predicted octanol–water partition coefficient (Wildman–Crippen LogP) is 1.50. The number of ether oxygens (including phenoxy) is 2. The van der Waals surface area contributed by atoms with Gasteiger partial charge in [0.1, 0.15) is 25.0 Å². The number of morpholine rings is 1. The molecule has 3 N–H and O–H groups in total. The first-order valence-electron chi connectivity index (χ1n) is 11.4. The van der Waals surface area contributed by atoms with E-state index in [1.165, 1.54) is 0 Å². The molecule has 2 heterocycles. The normalized spacial score (nSPS) is 26.8. The van der Waals surface area contributed by atoms with Crippen LogP contribution in [0.3, 0.4) is 0 Å². The minimum Gasteiger partial charge on any atom is -0.387 e. The number of carbonyl (C=O) groups excluding carboxylic acids is 1. The molecule has 17 heteroatoms. The highest BCUT2D eigenvalue weighted by Gasteiger charge is 2.63. The molecular formula is C21H27F5NO10P. The SMILES string of the molecule is O=C(c1ccc(CCOP(=O)(OC[C@H]2O[C@H](O)[C@H](O)[C@@H]2O)OCN2CCOCC2)cc1)C(F)(F)C(F)(F)F. The maximum Gasteiger partial charge on any atom is 0.476 e. The first kappa shape index (κ1) is 30.9. The van der Waals surface area contributed by atoms with Gasteiger partial charge in [-0.05, 0) is 12.0 Å². The van der Waals surface area contributed by atoms with Crippen LogP contribution in [-0.4, -0.2) is 109 Å². The van der Waals surface area contributed by atoms with E-state index in [9.17, 15) is 46.6 Å². The molecule has 0 radical (unpaired) electrons. The van der Waals surface area contributed by atoms with Crippen LogP contribution in [-0.2, 0) is 34.0 Å². The number of phosphoric acid groups is 1. The van der Waals surface area contributed by atoms with Crippen molar-refractivity contribution in [1.29, 1.82) is 0 Å². The summed E-state index contributed by atoms with van der Waals surface area (Å²) < 4.78 is 103. The lowest BCUT2D eigenvalue weighted by Gasteiger charge is -2.28.